The Morgan fingerprint density at radius 1 is 1.50 bits per heavy atom. The molecule has 1 aromatic heterocycles. The van der Waals surface area contributed by atoms with E-state index >= 15 is 0 Å². The van der Waals surface area contributed by atoms with Crippen LogP contribution in [0.3, 0.4) is 0 Å². The van der Waals surface area contributed by atoms with Gasteiger partial charge in [0.05, 0.1) is 10.6 Å². The summed E-state index contributed by atoms with van der Waals surface area (Å²) in [6.45, 7) is 4.03. The van der Waals surface area contributed by atoms with Gasteiger partial charge in [-0.3, -0.25) is 5.43 Å². The summed E-state index contributed by atoms with van der Waals surface area (Å²) in [6, 6.07) is 4.14. The topological polar surface area (TPSA) is 36.4 Å². The quantitative estimate of drug-likeness (QED) is 0.460. The lowest BCUT2D eigenvalue weighted by Gasteiger charge is -2.01. The summed E-state index contributed by atoms with van der Waals surface area (Å²) >= 11 is 6.62. The highest BCUT2D eigenvalue weighted by Crippen LogP contribution is 2.15. The van der Waals surface area contributed by atoms with Gasteiger partial charge in [0.25, 0.3) is 0 Å². The van der Waals surface area contributed by atoms with Crippen LogP contribution < -0.4 is 10.7 Å². The van der Waals surface area contributed by atoms with E-state index in [-0.39, 0.29) is 0 Å². The van der Waals surface area contributed by atoms with Crippen LogP contribution in [0.4, 0.5) is 0 Å². The molecule has 0 aliphatic heterocycles. The van der Waals surface area contributed by atoms with E-state index in [9.17, 15) is 0 Å². The largest absolute Gasteiger partial charge is 0.364 e. The summed E-state index contributed by atoms with van der Waals surface area (Å²) in [6.07, 6.45) is 0. The van der Waals surface area contributed by atoms with Crippen molar-refractivity contribution in [1.29, 1.82) is 0 Å². The molecular weight excluding hydrogens is 214 g/mol. The Bertz CT molecular complexity index is 355. The molecule has 0 unspecified atom stereocenters. The third kappa shape index (κ3) is 3.08. The van der Waals surface area contributed by atoms with Gasteiger partial charge in [-0.15, -0.1) is 11.3 Å². The Morgan fingerprint density at radius 3 is 2.71 bits per heavy atom. The van der Waals surface area contributed by atoms with E-state index in [1.165, 1.54) is 4.88 Å². The van der Waals surface area contributed by atoms with Crippen LogP contribution in [0.15, 0.2) is 17.2 Å². The number of hydrogen-bond acceptors (Lipinski definition) is 3. The van der Waals surface area contributed by atoms with Gasteiger partial charge in [-0.25, -0.2) is 0 Å². The SMILES string of the molecule is CNC(=S)N/N=C(/C)c1ccc(C)s1. The normalized spacial score (nSPS) is 11.2. The first-order valence-electron chi connectivity index (χ1n) is 4.22. The van der Waals surface area contributed by atoms with Crippen LogP contribution in [-0.4, -0.2) is 17.9 Å². The van der Waals surface area contributed by atoms with Crippen molar-refractivity contribution in [3.8, 4) is 0 Å². The summed E-state index contributed by atoms with van der Waals surface area (Å²) in [5.41, 5.74) is 3.70. The molecule has 0 fully saturated rings. The van der Waals surface area contributed by atoms with E-state index in [4.69, 9.17) is 12.2 Å². The van der Waals surface area contributed by atoms with E-state index in [1.54, 1.807) is 18.4 Å². The van der Waals surface area contributed by atoms with Crippen LogP contribution in [0.25, 0.3) is 0 Å². The molecule has 1 rings (SSSR count). The molecule has 0 bridgehead atoms. The minimum Gasteiger partial charge on any atom is -0.364 e. The molecule has 0 aliphatic rings. The second kappa shape index (κ2) is 5.07. The van der Waals surface area contributed by atoms with E-state index in [0.29, 0.717) is 5.11 Å². The summed E-state index contributed by atoms with van der Waals surface area (Å²) < 4.78 is 0. The predicted octanol–water partition coefficient (Wildman–Crippen LogP) is 1.87. The number of hydrazone groups is 1. The fourth-order valence-corrected chi connectivity index (χ4v) is 1.73. The van der Waals surface area contributed by atoms with Crippen LogP contribution in [0.5, 0.6) is 0 Å². The van der Waals surface area contributed by atoms with Gasteiger partial charge in [0.1, 0.15) is 0 Å². The summed E-state index contributed by atoms with van der Waals surface area (Å²) in [5, 5.41) is 7.47. The van der Waals surface area contributed by atoms with Gasteiger partial charge in [0, 0.05) is 11.9 Å². The maximum atomic E-state index is 4.90. The lowest BCUT2D eigenvalue weighted by atomic mass is 10.3. The first kappa shape index (κ1) is 11.1. The second-order valence-electron chi connectivity index (χ2n) is 2.80. The van der Waals surface area contributed by atoms with E-state index in [2.05, 4.69) is 34.9 Å². The molecule has 0 saturated carbocycles. The minimum atomic E-state index is 0.526. The van der Waals surface area contributed by atoms with Crippen molar-refractivity contribution >= 4 is 34.4 Å². The molecule has 0 atom stereocenters. The fourth-order valence-electron chi connectivity index (χ4n) is 0.875. The lowest BCUT2D eigenvalue weighted by Crippen LogP contribution is -2.29. The summed E-state index contributed by atoms with van der Waals surface area (Å²) in [4.78, 5) is 2.44. The number of nitrogens with zero attached hydrogens (tertiary/aromatic N) is 1. The van der Waals surface area contributed by atoms with E-state index in [0.717, 1.165) is 10.6 Å². The molecule has 0 radical (unpaired) electrons. The molecule has 0 aromatic carbocycles. The summed E-state index contributed by atoms with van der Waals surface area (Å²) in [5.74, 6) is 0. The highest BCUT2D eigenvalue weighted by atomic mass is 32.1. The Labute approximate surface area is 93.2 Å². The number of nitrogens with one attached hydrogen (secondary N) is 2. The molecule has 14 heavy (non-hydrogen) atoms. The molecule has 0 amide bonds. The number of thiocarbonyl (C=S) groups is 1. The fraction of sp³-hybridized carbons (Fsp3) is 0.333. The Hall–Kier alpha value is -0.940. The third-order valence-corrected chi connectivity index (χ3v) is 3.05. The Morgan fingerprint density at radius 2 is 2.21 bits per heavy atom. The zero-order valence-electron chi connectivity index (χ0n) is 8.42. The zero-order chi connectivity index (χ0) is 10.6. The molecule has 5 heteroatoms. The second-order valence-corrected chi connectivity index (χ2v) is 4.49. The Balaban J connectivity index is 2.65. The molecule has 0 spiro atoms. The van der Waals surface area contributed by atoms with Crippen molar-refractivity contribution in [1.82, 2.24) is 10.7 Å². The minimum absolute atomic E-state index is 0.526. The van der Waals surface area contributed by atoms with Gasteiger partial charge in [-0.05, 0) is 38.2 Å². The van der Waals surface area contributed by atoms with Gasteiger partial charge < -0.3 is 5.32 Å². The third-order valence-electron chi connectivity index (χ3n) is 1.65. The molecular formula is C9H13N3S2. The molecule has 76 valence electrons. The maximum Gasteiger partial charge on any atom is 0.186 e. The average molecular weight is 227 g/mol. The number of aryl methyl sites for hydroxylation is 1. The van der Waals surface area contributed by atoms with Gasteiger partial charge in [0.15, 0.2) is 5.11 Å². The molecule has 0 saturated heterocycles. The van der Waals surface area contributed by atoms with Gasteiger partial charge in [0.2, 0.25) is 0 Å². The van der Waals surface area contributed by atoms with Crippen LogP contribution in [0.1, 0.15) is 16.7 Å². The monoisotopic (exact) mass is 227 g/mol. The molecule has 0 aliphatic carbocycles. The molecule has 1 aromatic rings. The van der Waals surface area contributed by atoms with Crippen LogP contribution in [0.2, 0.25) is 0 Å². The van der Waals surface area contributed by atoms with Crippen molar-refractivity contribution in [2.24, 2.45) is 5.10 Å². The van der Waals surface area contributed by atoms with E-state index in [1.807, 2.05) is 6.92 Å². The number of thiophene rings is 1. The van der Waals surface area contributed by atoms with Gasteiger partial charge >= 0.3 is 0 Å². The van der Waals surface area contributed by atoms with Crippen molar-refractivity contribution in [3.05, 3.63) is 21.9 Å². The summed E-state index contributed by atoms with van der Waals surface area (Å²) in [7, 11) is 1.76. The maximum absolute atomic E-state index is 4.90. The zero-order valence-corrected chi connectivity index (χ0v) is 10.1. The first-order valence-corrected chi connectivity index (χ1v) is 5.45. The highest BCUT2D eigenvalue weighted by molar-refractivity contribution is 7.80. The predicted molar refractivity (Wildman–Crippen MR) is 66.1 cm³/mol. The smallest absolute Gasteiger partial charge is 0.186 e. The molecule has 3 nitrogen and oxygen atoms in total. The van der Waals surface area contributed by atoms with Gasteiger partial charge in [-0.1, -0.05) is 0 Å². The van der Waals surface area contributed by atoms with Crippen LogP contribution in [-0.2, 0) is 0 Å². The highest BCUT2D eigenvalue weighted by Gasteiger charge is 2.00. The van der Waals surface area contributed by atoms with Crippen molar-refractivity contribution in [2.45, 2.75) is 13.8 Å². The average Bonchev–Trinajstić information content (AvgIpc) is 2.60. The van der Waals surface area contributed by atoms with Crippen molar-refractivity contribution in [2.75, 3.05) is 7.05 Å². The van der Waals surface area contributed by atoms with Crippen molar-refractivity contribution < 1.29 is 0 Å². The van der Waals surface area contributed by atoms with Gasteiger partial charge in [-0.2, -0.15) is 5.10 Å². The van der Waals surface area contributed by atoms with Crippen LogP contribution >= 0.6 is 23.6 Å². The van der Waals surface area contributed by atoms with Crippen LogP contribution in [0, 0.1) is 6.92 Å². The Kier molecular flexibility index (Phi) is 4.03. The van der Waals surface area contributed by atoms with Crippen molar-refractivity contribution in [3.63, 3.8) is 0 Å². The standard InChI is InChI=1S/C9H13N3S2/c1-6-4-5-8(14-6)7(2)11-12-9(13)10-3/h4-5H,1-3H3,(H2,10,12,13)/b11-7-. The number of hydrogen-bond donors (Lipinski definition) is 2. The first-order chi connectivity index (χ1) is 6.63. The number of rotatable bonds is 2. The molecule has 2 N–H and O–H groups in total. The lowest BCUT2D eigenvalue weighted by molar-refractivity contribution is 0.975. The molecule has 1 heterocycles. The van der Waals surface area contributed by atoms with E-state index < -0.39 is 0 Å².